The lowest BCUT2D eigenvalue weighted by Gasteiger charge is -2.18. The van der Waals surface area contributed by atoms with Crippen molar-refractivity contribution in [1.29, 1.82) is 0 Å². The molecule has 0 fully saturated rings. The highest BCUT2D eigenvalue weighted by Gasteiger charge is 2.33. The number of nitrogens with zero attached hydrogens (tertiary/aromatic N) is 1. The van der Waals surface area contributed by atoms with Crippen LogP contribution in [-0.4, -0.2) is 21.6 Å². The maximum absolute atomic E-state index is 12.7. The van der Waals surface area contributed by atoms with Gasteiger partial charge in [-0.05, 0) is 39.7 Å². The van der Waals surface area contributed by atoms with Crippen molar-refractivity contribution < 1.29 is 19.6 Å². The molecular weight excluding hydrogens is 366 g/mol. The van der Waals surface area contributed by atoms with Crippen molar-refractivity contribution in [3.05, 3.63) is 73.8 Å². The van der Waals surface area contributed by atoms with Crippen LogP contribution >= 0.6 is 15.9 Å². The Balaban J connectivity index is 2.17. The van der Waals surface area contributed by atoms with E-state index in [1.165, 1.54) is 42.5 Å². The van der Waals surface area contributed by atoms with Crippen molar-refractivity contribution in [3.63, 3.8) is 0 Å². The number of hydrogen-bond acceptors (Lipinski definition) is 5. The van der Waals surface area contributed by atoms with Crippen LogP contribution in [0.3, 0.4) is 0 Å². The van der Waals surface area contributed by atoms with E-state index in [4.69, 9.17) is 0 Å². The summed E-state index contributed by atoms with van der Waals surface area (Å²) in [5.74, 6) is -1.21. The number of carbonyl (C=O) groups excluding carboxylic acids is 2. The summed E-state index contributed by atoms with van der Waals surface area (Å²) in [6.45, 7) is 0. The van der Waals surface area contributed by atoms with Gasteiger partial charge in [-0.15, -0.1) is 0 Å². The molecule has 1 aliphatic rings. The predicted molar refractivity (Wildman–Crippen MR) is 85.7 cm³/mol. The quantitative estimate of drug-likeness (QED) is 0.641. The number of rotatable bonds is 2. The van der Waals surface area contributed by atoms with Gasteiger partial charge in [0, 0.05) is 23.3 Å². The van der Waals surface area contributed by atoms with Gasteiger partial charge >= 0.3 is 0 Å². The summed E-state index contributed by atoms with van der Waals surface area (Å²) in [4.78, 5) is 35.2. The van der Waals surface area contributed by atoms with Gasteiger partial charge in [0.2, 0.25) is 5.78 Å². The zero-order valence-electron chi connectivity index (χ0n) is 11.4. The molecule has 0 amide bonds. The van der Waals surface area contributed by atoms with E-state index in [1.807, 2.05) is 0 Å². The predicted octanol–water partition coefficient (Wildman–Crippen LogP) is 3.49. The molecule has 0 saturated heterocycles. The van der Waals surface area contributed by atoms with Gasteiger partial charge in [0.05, 0.1) is 15.0 Å². The number of aromatic hydroxyl groups is 1. The number of nitro groups is 1. The fraction of sp³-hybridized carbons (Fsp3) is 0. The number of ketones is 2. The van der Waals surface area contributed by atoms with E-state index >= 15 is 0 Å². The van der Waals surface area contributed by atoms with Gasteiger partial charge in [-0.3, -0.25) is 19.7 Å². The molecule has 1 N–H and O–H groups in total. The van der Waals surface area contributed by atoms with E-state index in [1.54, 1.807) is 0 Å². The number of fused-ring (bicyclic) bond motifs is 1. The maximum Gasteiger partial charge on any atom is 0.269 e. The molecule has 0 aromatic heterocycles. The zero-order chi connectivity index (χ0) is 16.7. The molecule has 0 aliphatic heterocycles. The maximum atomic E-state index is 12.7. The number of phenolic OH excluding ortho intramolecular Hbond substituents is 1. The van der Waals surface area contributed by atoms with Gasteiger partial charge < -0.3 is 5.11 Å². The smallest absolute Gasteiger partial charge is 0.269 e. The summed E-state index contributed by atoms with van der Waals surface area (Å²) < 4.78 is 0.0188. The van der Waals surface area contributed by atoms with Crippen molar-refractivity contribution in [2.24, 2.45) is 0 Å². The number of allylic oxidation sites excluding steroid dienone is 2. The van der Waals surface area contributed by atoms with Crippen LogP contribution in [0.25, 0.3) is 5.57 Å². The number of nitro benzene ring substituents is 1. The first-order chi connectivity index (χ1) is 10.9. The summed E-state index contributed by atoms with van der Waals surface area (Å²) in [7, 11) is 0. The molecule has 0 spiro atoms. The normalized spacial score (nSPS) is 14.0. The Morgan fingerprint density at radius 2 is 1.65 bits per heavy atom. The number of hydrogen-bond donors (Lipinski definition) is 1. The molecule has 23 heavy (non-hydrogen) atoms. The third kappa shape index (κ3) is 2.35. The van der Waals surface area contributed by atoms with Crippen molar-refractivity contribution in [2.75, 3.05) is 0 Å². The van der Waals surface area contributed by atoms with E-state index in [2.05, 4.69) is 15.9 Å². The van der Waals surface area contributed by atoms with Crippen LogP contribution in [-0.2, 0) is 0 Å². The first-order valence-corrected chi connectivity index (χ1v) is 7.27. The Bertz CT molecular complexity index is 899. The van der Waals surface area contributed by atoms with Gasteiger partial charge in [0.25, 0.3) is 5.69 Å². The molecule has 1 aliphatic carbocycles. The van der Waals surface area contributed by atoms with Crippen molar-refractivity contribution in [2.45, 2.75) is 0 Å². The number of non-ortho nitro benzene ring substituents is 1. The summed E-state index contributed by atoms with van der Waals surface area (Å²) in [5, 5.41) is 20.5. The highest BCUT2D eigenvalue weighted by atomic mass is 79.9. The fourth-order valence-electron chi connectivity index (χ4n) is 2.43. The standard InChI is InChI=1S/C16H8BrNO5/c17-14-12(8-4-6-9(7-5-8)18(22)23)15(20)10-2-1-3-11(19)13(10)16(14)21/h1-7,19H. The van der Waals surface area contributed by atoms with E-state index in [-0.39, 0.29) is 32.6 Å². The summed E-state index contributed by atoms with van der Waals surface area (Å²) in [5.41, 5.74) is 0.442. The van der Waals surface area contributed by atoms with E-state index in [9.17, 15) is 24.8 Å². The molecule has 2 aromatic rings. The largest absolute Gasteiger partial charge is 0.507 e. The molecule has 3 rings (SSSR count). The molecule has 0 unspecified atom stereocenters. The molecule has 0 radical (unpaired) electrons. The van der Waals surface area contributed by atoms with Crippen LogP contribution in [0.1, 0.15) is 26.3 Å². The second-order valence-corrected chi connectivity index (χ2v) is 5.64. The lowest BCUT2D eigenvalue weighted by atomic mass is 9.85. The van der Waals surface area contributed by atoms with Crippen LogP contribution in [0.2, 0.25) is 0 Å². The van der Waals surface area contributed by atoms with E-state index in [0.29, 0.717) is 5.56 Å². The van der Waals surface area contributed by atoms with Gasteiger partial charge in [-0.1, -0.05) is 12.1 Å². The third-order valence-corrected chi connectivity index (χ3v) is 4.28. The fourth-order valence-corrected chi connectivity index (χ4v) is 3.04. The Hall–Kier alpha value is -2.80. The van der Waals surface area contributed by atoms with Crippen molar-refractivity contribution >= 4 is 38.8 Å². The number of benzene rings is 2. The van der Waals surface area contributed by atoms with Gasteiger partial charge in [-0.25, -0.2) is 0 Å². The van der Waals surface area contributed by atoms with Gasteiger partial charge in [0.1, 0.15) is 5.75 Å². The van der Waals surface area contributed by atoms with Crippen LogP contribution in [0.5, 0.6) is 5.75 Å². The number of Topliss-reactive ketones (excluding diaryl/α,β-unsaturated/α-hetero) is 2. The van der Waals surface area contributed by atoms with Gasteiger partial charge in [-0.2, -0.15) is 0 Å². The molecular formula is C16H8BrNO5. The topological polar surface area (TPSA) is 97.5 Å². The lowest BCUT2D eigenvalue weighted by Crippen LogP contribution is -2.19. The minimum atomic E-state index is -0.547. The minimum absolute atomic E-state index is 0.0188. The van der Waals surface area contributed by atoms with Crippen LogP contribution in [0, 0.1) is 10.1 Å². The Kier molecular flexibility index (Phi) is 3.57. The molecule has 0 atom stereocenters. The number of carbonyl (C=O) groups is 2. The van der Waals surface area contributed by atoms with E-state index < -0.39 is 16.5 Å². The van der Waals surface area contributed by atoms with Crippen molar-refractivity contribution in [1.82, 2.24) is 0 Å². The zero-order valence-corrected chi connectivity index (χ0v) is 13.0. The summed E-state index contributed by atoms with van der Waals surface area (Å²) >= 11 is 3.11. The molecule has 0 heterocycles. The van der Waals surface area contributed by atoms with Crippen LogP contribution in [0.4, 0.5) is 5.69 Å². The van der Waals surface area contributed by atoms with Crippen molar-refractivity contribution in [3.8, 4) is 5.75 Å². The number of phenols is 1. The van der Waals surface area contributed by atoms with E-state index in [0.717, 1.165) is 0 Å². The average molecular weight is 374 g/mol. The first kappa shape index (κ1) is 15.1. The molecule has 0 bridgehead atoms. The molecule has 2 aromatic carbocycles. The van der Waals surface area contributed by atoms with Crippen LogP contribution in [0.15, 0.2) is 46.9 Å². The molecule has 114 valence electrons. The summed E-state index contributed by atoms with van der Waals surface area (Å²) in [6.07, 6.45) is 0. The molecule has 7 heteroatoms. The minimum Gasteiger partial charge on any atom is -0.507 e. The Morgan fingerprint density at radius 3 is 2.26 bits per heavy atom. The second kappa shape index (κ2) is 5.44. The number of halogens is 1. The molecule has 0 saturated carbocycles. The highest BCUT2D eigenvalue weighted by molar-refractivity contribution is 9.12. The van der Waals surface area contributed by atoms with Gasteiger partial charge in [0.15, 0.2) is 5.78 Å². The summed E-state index contributed by atoms with van der Waals surface area (Å²) in [6, 6.07) is 9.62. The molecule has 6 nitrogen and oxygen atoms in total. The Morgan fingerprint density at radius 1 is 1.00 bits per heavy atom. The first-order valence-electron chi connectivity index (χ1n) is 6.47. The SMILES string of the molecule is O=C1C(c2ccc([N+](=O)[O-])cc2)=C(Br)C(=O)c2c(O)cccc21. The van der Waals surface area contributed by atoms with Crippen LogP contribution < -0.4 is 0 Å². The Labute approximate surface area is 138 Å². The third-order valence-electron chi connectivity index (χ3n) is 3.53. The highest BCUT2D eigenvalue weighted by Crippen LogP contribution is 2.38. The monoisotopic (exact) mass is 373 g/mol. The lowest BCUT2D eigenvalue weighted by molar-refractivity contribution is -0.384. The average Bonchev–Trinajstić information content (AvgIpc) is 2.53. The second-order valence-electron chi connectivity index (χ2n) is 4.85.